The van der Waals surface area contributed by atoms with Gasteiger partial charge in [-0.05, 0) is 18.4 Å². The highest BCUT2D eigenvalue weighted by atomic mass is 16.6. The Morgan fingerprint density at radius 1 is 1.30 bits per heavy atom. The molecule has 108 valence electrons. The summed E-state index contributed by atoms with van der Waals surface area (Å²) in [5, 5.41) is 11.5. The fourth-order valence-corrected chi connectivity index (χ4v) is 3.22. The van der Waals surface area contributed by atoms with Crippen LogP contribution in [0.1, 0.15) is 38.7 Å². The molecular formula is C16H21NO3. The van der Waals surface area contributed by atoms with E-state index in [1.165, 1.54) is 5.56 Å². The van der Waals surface area contributed by atoms with E-state index in [1.54, 1.807) is 6.92 Å². The number of ketones is 1. The normalized spacial score (nSPS) is 30.2. The number of nitro groups is 1. The van der Waals surface area contributed by atoms with Crippen LogP contribution >= 0.6 is 0 Å². The zero-order chi connectivity index (χ0) is 14.8. The lowest BCUT2D eigenvalue weighted by atomic mass is 9.66. The summed E-state index contributed by atoms with van der Waals surface area (Å²) in [5.74, 6) is -0.205. The molecule has 4 nitrogen and oxygen atoms in total. The first-order valence-corrected chi connectivity index (χ1v) is 7.14. The van der Waals surface area contributed by atoms with Gasteiger partial charge < -0.3 is 0 Å². The summed E-state index contributed by atoms with van der Waals surface area (Å²) < 4.78 is 0. The highest BCUT2D eigenvalue weighted by Crippen LogP contribution is 2.41. The molecule has 0 spiro atoms. The zero-order valence-corrected chi connectivity index (χ0v) is 12.0. The standard InChI is InChI=1S/C16H21NO3/c1-12-10-15(18)11-14(16(12,2)17(19)20)9-8-13-6-4-3-5-7-13/h3-7,12,14H,8-11H2,1-2H3/t12-,14+,16+/m0/s1. The van der Waals surface area contributed by atoms with Crippen molar-refractivity contribution in [3.8, 4) is 0 Å². The minimum Gasteiger partial charge on any atom is -0.300 e. The number of Topliss-reactive ketones (excluding diaryl/α,β-unsaturated/α-hetero) is 1. The largest absolute Gasteiger partial charge is 0.300 e. The highest BCUT2D eigenvalue weighted by Gasteiger charge is 2.53. The van der Waals surface area contributed by atoms with Crippen LogP contribution in [0, 0.1) is 22.0 Å². The summed E-state index contributed by atoms with van der Waals surface area (Å²) in [7, 11) is 0. The quantitative estimate of drug-likeness (QED) is 0.626. The van der Waals surface area contributed by atoms with Gasteiger partial charge in [-0.1, -0.05) is 37.3 Å². The number of aryl methyl sites for hydroxylation is 1. The van der Waals surface area contributed by atoms with Crippen LogP contribution in [0.2, 0.25) is 0 Å². The van der Waals surface area contributed by atoms with Crippen molar-refractivity contribution in [1.29, 1.82) is 0 Å². The van der Waals surface area contributed by atoms with Gasteiger partial charge in [0.05, 0.1) is 0 Å². The Hall–Kier alpha value is -1.71. The molecule has 1 aromatic carbocycles. The molecule has 1 aromatic rings. The van der Waals surface area contributed by atoms with E-state index >= 15 is 0 Å². The molecule has 1 fully saturated rings. The maximum absolute atomic E-state index is 11.8. The van der Waals surface area contributed by atoms with E-state index in [0.29, 0.717) is 19.3 Å². The molecule has 4 heteroatoms. The molecule has 3 atom stereocenters. The fraction of sp³-hybridized carbons (Fsp3) is 0.562. The molecule has 1 aliphatic rings. The summed E-state index contributed by atoms with van der Waals surface area (Å²) in [6, 6.07) is 9.94. The van der Waals surface area contributed by atoms with Crippen molar-refractivity contribution >= 4 is 5.78 Å². The second-order valence-corrected chi connectivity index (χ2v) is 6.05. The highest BCUT2D eigenvalue weighted by molar-refractivity contribution is 5.80. The van der Waals surface area contributed by atoms with Crippen LogP contribution < -0.4 is 0 Å². The van der Waals surface area contributed by atoms with Crippen molar-refractivity contribution in [2.24, 2.45) is 11.8 Å². The predicted molar refractivity (Wildman–Crippen MR) is 77.1 cm³/mol. The number of rotatable bonds is 4. The van der Waals surface area contributed by atoms with Crippen molar-refractivity contribution in [2.75, 3.05) is 0 Å². The van der Waals surface area contributed by atoms with Crippen molar-refractivity contribution in [3.63, 3.8) is 0 Å². The molecule has 0 unspecified atom stereocenters. The Morgan fingerprint density at radius 2 is 1.95 bits per heavy atom. The number of carbonyl (C=O) groups excluding carboxylic acids is 1. The van der Waals surface area contributed by atoms with Gasteiger partial charge in [-0.15, -0.1) is 0 Å². The van der Waals surface area contributed by atoms with E-state index in [1.807, 2.05) is 37.3 Å². The van der Waals surface area contributed by atoms with E-state index in [9.17, 15) is 14.9 Å². The second-order valence-electron chi connectivity index (χ2n) is 6.05. The van der Waals surface area contributed by atoms with Gasteiger partial charge >= 0.3 is 0 Å². The van der Waals surface area contributed by atoms with Crippen LogP contribution in [0.25, 0.3) is 0 Å². The SMILES string of the molecule is C[C@H]1CC(=O)C[C@@H](CCc2ccccc2)[C@]1(C)[N+](=O)[O-]. The Labute approximate surface area is 119 Å². The van der Waals surface area contributed by atoms with Crippen molar-refractivity contribution in [3.05, 3.63) is 46.0 Å². The van der Waals surface area contributed by atoms with E-state index < -0.39 is 5.54 Å². The molecule has 0 bridgehead atoms. The van der Waals surface area contributed by atoms with Gasteiger partial charge in [0, 0.05) is 36.5 Å². The van der Waals surface area contributed by atoms with Gasteiger partial charge in [0.25, 0.3) is 0 Å². The molecule has 2 rings (SSSR count). The lowest BCUT2D eigenvalue weighted by Gasteiger charge is -2.38. The van der Waals surface area contributed by atoms with Crippen molar-refractivity contribution < 1.29 is 9.72 Å². The molecular weight excluding hydrogens is 254 g/mol. The topological polar surface area (TPSA) is 60.2 Å². The molecule has 0 heterocycles. The van der Waals surface area contributed by atoms with Crippen LogP contribution in [0.4, 0.5) is 0 Å². The third kappa shape index (κ3) is 2.74. The first kappa shape index (κ1) is 14.7. The number of hydrogen-bond donors (Lipinski definition) is 0. The Bertz CT molecular complexity index is 500. The molecule has 1 saturated carbocycles. The summed E-state index contributed by atoms with van der Waals surface area (Å²) in [5.41, 5.74) is 0.187. The van der Waals surface area contributed by atoms with Crippen LogP contribution in [0.15, 0.2) is 30.3 Å². The summed E-state index contributed by atoms with van der Waals surface area (Å²) in [6.45, 7) is 3.54. The number of hydrogen-bond acceptors (Lipinski definition) is 3. The van der Waals surface area contributed by atoms with Crippen molar-refractivity contribution in [2.45, 2.75) is 45.1 Å². The average Bonchev–Trinajstić information content (AvgIpc) is 2.42. The van der Waals surface area contributed by atoms with Gasteiger partial charge in [0.2, 0.25) is 5.54 Å². The maximum atomic E-state index is 11.8. The number of nitrogens with zero attached hydrogens (tertiary/aromatic N) is 1. The van der Waals surface area contributed by atoms with Crippen LogP contribution in [-0.4, -0.2) is 16.2 Å². The van der Waals surface area contributed by atoms with Crippen LogP contribution in [0.5, 0.6) is 0 Å². The summed E-state index contributed by atoms with van der Waals surface area (Å²) in [4.78, 5) is 23.1. The molecule has 0 radical (unpaired) electrons. The van der Waals surface area contributed by atoms with E-state index in [0.717, 1.165) is 6.42 Å². The first-order chi connectivity index (χ1) is 9.44. The lowest BCUT2D eigenvalue weighted by Crippen LogP contribution is -2.52. The van der Waals surface area contributed by atoms with Crippen LogP contribution in [0.3, 0.4) is 0 Å². The fourth-order valence-electron chi connectivity index (χ4n) is 3.22. The minimum absolute atomic E-state index is 0.162. The molecule has 0 aromatic heterocycles. The molecule has 1 aliphatic carbocycles. The van der Waals surface area contributed by atoms with Gasteiger partial charge in [-0.25, -0.2) is 0 Å². The molecule has 0 aliphatic heterocycles. The van der Waals surface area contributed by atoms with Gasteiger partial charge in [0.15, 0.2) is 0 Å². The third-order valence-electron chi connectivity index (χ3n) is 4.85. The van der Waals surface area contributed by atoms with Gasteiger partial charge in [-0.3, -0.25) is 14.9 Å². The van der Waals surface area contributed by atoms with E-state index in [2.05, 4.69) is 0 Å². The molecule has 20 heavy (non-hydrogen) atoms. The zero-order valence-electron chi connectivity index (χ0n) is 12.0. The molecule has 0 N–H and O–H groups in total. The lowest BCUT2D eigenvalue weighted by molar-refractivity contribution is -0.588. The van der Waals surface area contributed by atoms with Crippen molar-refractivity contribution in [1.82, 2.24) is 0 Å². The Kier molecular flexibility index (Phi) is 4.21. The summed E-state index contributed by atoms with van der Waals surface area (Å²) >= 11 is 0. The Morgan fingerprint density at radius 3 is 2.55 bits per heavy atom. The number of benzene rings is 1. The molecule has 0 saturated heterocycles. The predicted octanol–water partition coefficient (Wildman–Crippen LogP) is 3.27. The summed E-state index contributed by atoms with van der Waals surface area (Å²) in [6.07, 6.45) is 2.15. The maximum Gasteiger partial charge on any atom is 0.225 e. The Balaban J connectivity index is 2.14. The second kappa shape index (κ2) is 5.73. The monoisotopic (exact) mass is 275 g/mol. The first-order valence-electron chi connectivity index (χ1n) is 7.14. The average molecular weight is 275 g/mol. The van der Waals surface area contributed by atoms with Gasteiger partial charge in [-0.2, -0.15) is 0 Å². The minimum atomic E-state index is -0.983. The van der Waals surface area contributed by atoms with E-state index in [-0.39, 0.29) is 22.5 Å². The smallest absolute Gasteiger partial charge is 0.225 e. The number of carbonyl (C=O) groups is 1. The molecule has 0 amide bonds. The third-order valence-corrected chi connectivity index (χ3v) is 4.85. The van der Waals surface area contributed by atoms with E-state index in [4.69, 9.17) is 0 Å². The van der Waals surface area contributed by atoms with Gasteiger partial charge in [0.1, 0.15) is 5.78 Å². The van der Waals surface area contributed by atoms with Crippen LogP contribution in [-0.2, 0) is 11.2 Å².